The number of nitrogens with two attached hydrogens (primary N) is 1. The molecule has 1 aliphatic heterocycles. The number of methoxy groups -OCH3 is 1. The molecule has 3 aromatic rings. The van der Waals surface area contributed by atoms with Crippen LogP contribution in [0, 0.1) is 11.2 Å². The van der Waals surface area contributed by atoms with Crippen LogP contribution in [0.4, 0.5) is 4.39 Å². The molecule has 170 valence electrons. The number of para-hydroxylation sites is 1. The third-order valence-electron chi connectivity index (χ3n) is 6.39. The molecule has 2 N–H and O–H groups in total. The maximum Gasteiger partial charge on any atom is 0.227 e. The zero-order valence-electron chi connectivity index (χ0n) is 18.6. The van der Waals surface area contributed by atoms with Crippen molar-refractivity contribution in [3.8, 4) is 16.9 Å². The first-order valence-electron chi connectivity index (χ1n) is 10.9. The summed E-state index contributed by atoms with van der Waals surface area (Å²) >= 11 is 0. The smallest absolute Gasteiger partial charge is 0.227 e. The summed E-state index contributed by atoms with van der Waals surface area (Å²) in [7, 11) is 1.64. The van der Waals surface area contributed by atoms with Crippen molar-refractivity contribution in [1.82, 2.24) is 4.90 Å². The van der Waals surface area contributed by atoms with Gasteiger partial charge in [-0.3, -0.25) is 9.59 Å². The predicted molar refractivity (Wildman–Crippen MR) is 125 cm³/mol. The summed E-state index contributed by atoms with van der Waals surface area (Å²) in [4.78, 5) is 26.9. The average Bonchev–Trinajstić information content (AvgIpc) is 3.25. The number of carbonyl (C=O) groups excluding carboxylic acids is 2. The van der Waals surface area contributed by atoms with Crippen LogP contribution in [-0.2, 0) is 22.4 Å². The van der Waals surface area contributed by atoms with E-state index in [1.54, 1.807) is 24.1 Å². The molecule has 4 rings (SSSR count). The quantitative estimate of drug-likeness (QED) is 0.597. The molecule has 0 spiro atoms. The van der Waals surface area contributed by atoms with Gasteiger partial charge in [-0.1, -0.05) is 54.6 Å². The van der Waals surface area contributed by atoms with Crippen LogP contribution in [-0.4, -0.2) is 36.9 Å². The highest BCUT2D eigenvalue weighted by Gasteiger charge is 2.44. The van der Waals surface area contributed by atoms with E-state index in [0.29, 0.717) is 24.9 Å². The second-order valence-electron chi connectivity index (χ2n) is 8.59. The van der Waals surface area contributed by atoms with Crippen LogP contribution >= 0.6 is 0 Å². The number of carbonyl (C=O) groups is 2. The van der Waals surface area contributed by atoms with Gasteiger partial charge in [0.1, 0.15) is 11.6 Å². The van der Waals surface area contributed by atoms with Gasteiger partial charge in [0, 0.05) is 18.7 Å². The van der Waals surface area contributed by atoms with Gasteiger partial charge in [-0.2, -0.15) is 0 Å². The van der Waals surface area contributed by atoms with Gasteiger partial charge < -0.3 is 15.4 Å². The van der Waals surface area contributed by atoms with Crippen molar-refractivity contribution in [2.24, 2.45) is 11.1 Å². The van der Waals surface area contributed by atoms with Crippen LogP contribution in [0.3, 0.4) is 0 Å². The highest BCUT2D eigenvalue weighted by molar-refractivity contribution is 5.85. The van der Waals surface area contributed by atoms with E-state index in [9.17, 15) is 14.0 Å². The molecule has 0 aromatic heterocycles. The minimum atomic E-state index is -0.816. The fourth-order valence-electron chi connectivity index (χ4n) is 4.53. The van der Waals surface area contributed by atoms with Crippen molar-refractivity contribution in [3.05, 3.63) is 89.7 Å². The van der Waals surface area contributed by atoms with Crippen molar-refractivity contribution in [3.63, 3.8) is 0 Å². The van der Waals surface area contributed by atoms with Crippen molar-refractivity contribution < 1.29 is 18.7 Å². The number of primary amides is 1. The van der Waals surface area contributed by atoms with Gasteiger partial charge in [-0.05, 0) is 47.7 Å². The monoisotopic (exact) mass is 446 g/mol. The first kappa shape index (κ1) is 22.5. The molecule has 1 saturated heterocycles. The van der Waals surface area contributed by atoms with E-state index in [1.165, 1.54) is 12.1 Å². The number of halogens is 1. The molecule has 1 heterocycles. The molecular formula is C27H27FN2O3. The van der Waals surface area contributed by atoms with Crippen LogP contribution < -0.4 is 10.5 Å². The highest BCUT2D eigenvalue weighted by atomic mass is 19.1. The molecule has 5 nitrogen and oxygen atoms in total. The Morgan fingerprint density at radius 2 is 1.79 bits per heavy atom. The minimum Gasteiger partial charge on any atom is -0.496 e. The van der Waals surface area contributed by atoms with Crippen LogP contribution in [0.1, 0.15) is 17.5 Å². The van der Waals surface area contributed by atoms with E-state index in [-0.39, 0.29) is 24.7 Å². The van der Waals surface area contributed by atoms with Gasteiger partial charge >= 0.3 is 0 Å². The second kappa shape index (κ2) is 9.45. The highest BCUT2D eigenvalue weighted by Crippen LogP contribution is 2.36. The molecule has 1 atom stereocenters. The fraction of sp³-hybridized carbons (Fsp3) is 0.259. The van der Waals surface area contributed by atoms with Gasteiger partial charge in [-0.25, -0.2) is 4.39 Å². The van der Waals surface area contributed by atoms with Crippen LogP contribution in [0.15, 0.2) is 72.8 Å². The summed E-state index contributed by atoms with van der Waals surface area (Å²) < 4.78 is 18.9. The first-order valence-corrected chi connectivity index (χ1v) is 10.9. The molecular weight excluding hydrogens is 419 g/mol. The van der Waals surface area contributed by atoms with E-state index in [4.69, 9.17) is 10.5 Å². The Morgan fingerprint density at radius 3 is 2.48 bits per heavy atom. The summed E-state index contributed by atoms with van der Waals surface area (Å²) in [6, 6.07) is 21.8. The first-order chi connectivity index (χ1) is 15.9. The van der Waals surface area contributed by atoms with E-state index in [1.807, 2.05) is 48.5 Å². The Morgan fingerprint density at radius 1 is 1.03 bits per heavy atom. The number of nitrogens with zero attached hydrogens (tertiary/aromatic N) is 1. The zero-order valence-corrected chi connectivity index (χ0v) is 18.6. The summed E-state index contributed by atoms with van der Waals surface area (Å²) in [6.45, 7) is 0.723. The lowest BCUT2D eigenvalue weighted by atomic mass is 9.80. The van der Waals surface area contributed by atoms with E-state index in [0.717, 1.165) is 22.4 Å². The topological polar surface area (TPSA) is 72.6 Å². The molecule has 2 amide bonds. The number of hydrogen-bond acceptors (Lipinski definition) is 3. The molecule has 0 saturated carbocycles. The Bertz CT molecular complexity index is 1160. The van der Waals surface area contributed by atoms with Crippen molar-refractivity contribution in [1.29, 1.82) is 0 Å². The maximum absolute atomic E-state index is 13.5. The number of ether oxygens (including phenoxy) is 1. The lowest BCUT2D eigenvalue weighted by molar-refractivity contribution is -0.131. The van der Waals surface area contributed by atoms with Crippen LogP contribution in [0.5, 0.6) is 5.75 Å². The van der Waals surface area contributed by atoms with Gasteiger partial charge in [0.15, 0.2) is 0 Å². The molecule has 0 unspecified atom stereocenters. The van der Waals surface area contributed by atoms with E-state index < -0.39 is 11.3 Å². The zero-order chi connectivity index (χ0) is 23.4. The molecule has 1 fully saturated rings. The van der Waals surface area contributed by atoms with E-state index in [2.05, 4.69) is 0 Å². The third kappa shape index (κ3) is 4.90. The lowest BCUT2D eigenvalue weighted by Crippen LogP contribution is -2.42. The summed E-state index contributed by atoms with van der Waals surface area (Å²) in [5, 5.41) is 0. The molecule has 1 aliphatic rings. The molecule has 0 radical (unpaired) electrons. The van der Waals surface area contributed by atoms with Gasteiger partial charge in [0.25, 0.3) is 0 Å². The Hall–Kier alpha value is -3.67. The molecule has 0 bridgehead atoms. The molecule has 0 aliphatic carbocycles. The number of hydrogen-bond donors (Lipinski definition) is 1. The van der Waals surface area contributed by atoms with Gasteiger partial charge in [0.2, 0.25) is 11.8 Å². The third-order valence-corrected chi connectivity index (χ3v) is 6.39. The van der Waals surface area contributed by atoms with Crippen molar-refractivity contribution in [2.45, 2.75) is 19.3 Å². The van der Waals surface area contributed by atoms with E-state index >= 15 is 0 Å². The second-order valence-corrected chi connectivity index (χ2v) is 8.59. The largest absolute Gasteiger partial charge is 0.496 e. The van der Waals surface area contributed by atoms with Crippen molar-refractivity contribution in [2.75, 3.05) is 20.2 Å². The van der Waals surface area contributed by atoms with Crippen LogP contribution in [0.2, 0.25) is 0 Å². The Kier molecular flexibility index (Phi) is 6.45. The lowest BCUT2D eigenvalue weighted by Gasteiger charge is -2.26. The number of amides is 2. The fourth-order valence-corrected chi connectivity index (χ4v) is 4.53. The summed E-state index contributed by atoms with van der Waals surface area (Å²) in [6.07, 6.45) is 1.06. The SMILES string of the molecule is COc1ccccc1-c1ccc(C[C@]2(C(N)=O)CCN(C(=O)Cc3cccc(F)c3)C2)cc1. The average molecular weight is 447 g/mol. The predicted octanol–water partition coefficient (Wildman–Crippen LogP) is 3.99. The summed E-state index contributed by atoms with van der Waals surface area (Å²) in [5.74, 6) is -0.112. The number of rotatable bonds is 7. The van der Waals surface area contributed by atoms with Gasteiger partial charge in [0.05, 0.1) is 18.9 Å². The maximum atomic E-state index is 13.5. The minimum absolute atomic E-state index is 0.0974. The molecule has 3 aromatic carbocycles. The van der Waals surface area contributed by atoms with Crippen molar-refractivity contribution >= 4 is 11.8 Å². The molecule has 33 heavy (non-hydrogen) atoms. The Balaban J connectivity index is 1.47. The normalized spacial score (nSPS) is 17.7. The van der Waals surface area contributed by atoms with Gasteiger partial charge in [-0.15, -0.1) is 0 Å². The standard InChI is InChI=1S/C27H27FN2O3/c1-33-24-8-3-2-7-23(24)21-11-9-19(10-12-21)17-27(26(29)32)13-14-30(18-27)25(31)16-20-5-4-6-22(28)15-20/h2-12,15H,13-14,16-18H2,1H3,(H2,29,32)/t27-/m1/s1. The van der Waals surface area contributed by atoms with Crippen LogP contribution in [0.25, 0.3) is 11.1 Å². The molecule has 6 heteroatoms. The Labute approximate surface area is 193 Å². The number of likely N-dealkylation sites (tertiary alicyclic amines) is 1. The summed E-state index contributed by atoms with van der Waals surface area (Å²) in [5.41, 5.74) is 8.62. The number of benzene rings is 3.